The predicted molar refractivity (Wildman–Crippen MR) is 175 cm³/mol. The summed E-state index contributed by atoms with van der Waals surface area (Å²) >= 11 is 0. The first kappa shape index (κ1) is 34.3. The van der Waals surface area contributed by atoms with E-state index in [4.69, 9.17) is 9.47 Å². The number of hydrogen-bond acceptors (Lipinski definition) is 4. The fourth-order valence-electron chi connectivity index (χ4n) is 5.59. The molecule has 0 aliphatic heterocycles. The predicted octanol–water partition coefficient (Wildman–Crippen LogP) is 11.8. The molecule has 0 spiro atoms. The molecule has 0 bridgehead atoms. The van der Waals surface area contributed by atoms with E-state index < -0.39 is 19.7 Å². The average Bonchev–Trinajstić information content (AvgIpc) is 3.48. The van der Waals surface area contributed by atoms with Gasteiger partial charge in [-0.3, -0.25) is 0 Å². The third-order valence-corrected chi connectivity index (χ3v) is 7.42. The topological polar surface area (TPSA) is 52.6 Å². The van der Waals surface area contributed by atoms with Gasteiger partial charge in [-0.1, -0.05) is 36.4 Å². The number of hydrogen-bond donors (Lipinski definition) is 0. The van der Waals surface area contributed by atoms with Crippen LogP contribution in [0.2, 0.25) is 0 Å². The molecule has 0 aromatic carbocycles. The number of ether oxygens (including phenoxy) is 2. The summed E-state index contributed by atoms with van der Waals surface area (Å²) in [6.07, 6.45) is 0. The van der Waals surface area contributed by atoms with E-state index in [0.29, 0.717) is 22.3 Å². The Labute approximate surface area is 273 Å². The first-order valence-corrected chi connectivity index (χ1v) is 16.9. The summed E-state index contributed by atoms with van der Waals surface area (Å²) in [5.41, 5.74) is 9.77. The van der Waals surface area contributed by atoms with Gasteiger partial charge in [-0.25, -0.2) is 9.59 Å². The summed E-state index contributed by atoms with van der Waals surface area (Å²) in [6.45, 7) is 4.02. The van der Waals surface area contributed by atoms with Gasteiger partial charge in [0.05, 0.1) is 46.9 Å². The molecule has 0 aromatic rings. The molecule has 0 amide bonds. The van der Waals surface area contributed by atoms with Crippen LogP contribution in [0.15, 0.2) is 115 Å². The number of carbonyl (C=O) groups is 2. The molecule has 0 N–H and O–H groups in total. The Hall–Kier alpha value is -5.08. The first-order valence-electron chi connectivity index (χ1n) is 14.9. The Morgan fingerprint density at radius 3 is 1.33 bits per heavy atom. The van der Waals surface area contributed by atoms with Gasteiger partial charge in [-0.2, -0.15) is 0 Å². The number of carbonyl (C=O) groups excluding carboxylic acids is 2. The van der Waals surface area contributed by atoms with E-state index in [0.717, 1.165) is 44.9 Å². The maximum atomic E-state index is 12.9. The van der Waals surface area contributed by atoms with Crippen LogP contribution >= 0.6 is 7.81 Å². The molecule has 0 unspecified atom stereocenters. The summed E-state index contributed by atoms with van der Waals surface area (Å²) in [5.74, 6) is 0.142. The van der Waals surface area contributed by atoms with Gasteiger partial charge in [-0.05, 0) is 92.7 Å². The van der Waals surface area contributed by atoms with Gasteiger partial charge in [0.15, 0.2) is 0 Å². The molecule has 6 aliphatic rings. The van der Waals surface area contributed by atoms with Gasteiger partial charge in [0.25, 0.3) is 0 Å². The van der Waals surface area contributed by atoms with E-state index in [-0.39, 0.29) is 13.2 Å². The maximum absolute atomic E-state index is 12.9. The number of rotatable bonds is 7. The third kappa shape index (κ3) is 8.25. The van der Waals surface area contributed by atoms with E-state index >= 15 is 0 Å². The van der Waals surface area contributed by atoms with Gasteiger partial charge in [0.2, 0.25) is 0 Å². The van der Waals surface area contributed by atoms with Gasteiger partial charge >= 0.3 is 44.9 Å². The van der Waals surface area contributed by atoms with Crippen LogP contribution < -0.4 is 0 Å². The Morgan fingerprint density at radius 2 is 0.938 bits per heavy atom. The monoisotopic (exact) mass is 682 g/mol. The molecule has 11 heteroatoms. The zero-order valence-corrected chi connectivity index (χ0v) is 26.6. The van der Waals surface area contributed by atoms with Crippen molar-refractivity contribution in [3.05, 3.63) is 149 Å². The number of halogens is 6. The molecular formula is C37H29F6O4P. The van der Waals surface area contributed by atoms with E-state index in [1.807, 2.05) is 48.5 Å². The van der Waals surface area contributed by atoms with Gasteiger partial charge in [0, 0.05) is 33.4 Å². The van der Waals surface area contributed by atoms with Crippen molar-refractivity contribution < 1.29 is 44.2 Å². The van der Waals surface area contributed by atoms with Crippen molar-refractivity contribution in [3.8, 4) is 33.4 Å². The van der Waals surface area contributed by atoms with Crippen molar-refractivity contribution in [1.82, 2.24) is 0 Å². The van der Waals surface area contributed by atoms with Crippen molar-refractivity contribution in [2.45, 2.75) is 13.8 Å². The standard InChI is InChI=1S/C37H29O4.F6P/c1-3-40-36(38)33-23-34(37(39)41-4-2)30-20-18-26(17-19-29(30)33)35(31-21-15-24-11-7-5-9-13-27(24)31)32-22-16-25-12-8-6-10-14-28(25)32;1-7(2,3,4,5)6/h5-23H,3-4H2,1-2H3;/q+1;-1. The minimum absolute atomic E-state index is 0.241. The molecular weight excluding hydrogens is 653 g/mol. The fraction of sp³-hybridized carbons (Fsp3) is 0.108. The van der Waals surface area contributed by atoms with Crippen LogP contribution in [-0.2, 0) is 9.47 Å². The molecule has 0 atom stereocenters. The molecule has 48 heavy (non-hydrogen) atoms. The molecule has 6 rings (SSSR count). The second kappa shape index (κ2) is 12.5. The molecule has 248 valence electrons. The van der Waals surface area contributed by atoms with E-state index in [2.05, 4.69) is 60.7 Å². The van der Waals surface area contributed by atoms with Crippen LogP contribution in [0, 0.1) is 5.92 Å². The van der Waals surface area contributed by atoms with Crippen molar-refractivity contribution in [3.63, 3.8) is 0 Å². The molecule has 0 saturated heterocycles. The molecule has 4 nitrogen and oxygen atoms in total. The molecule has 0 aromatic heterocycles. The van der Waals surface area contributed by atoms with Gasteiger partial charge < -0.3 is 9.47 Å². The van der Waals surface area contributed by atoms with Crippen LogP contribution in [0.25, 0.3) is 33.4 Å². The Balaban J connectivity index is 0.000000582. The molecule has 0 saturated carbocycles. The number of fused-ring (bicyclic) bond motifs is 3. The van der Waals surface area contributed by atoms with Crippen LogP contribution in [0.3, 0.4) is 0 Å². The summed E-state index contributed by atoms with van der Waals surface area (Å²) in [7, 11) is -10.7. The Bertz CT molecular complexity index is 1870. The second-order valence-electron chi connectivity index (χ2n) is 10.7. The Kier molecular flexibility index (Phi) is 8.93. The normalized spacial score (nSPS) is 12.8. The SMILES string of the molecule is CCOC(=O)c1cc(C(=O)OCC)c2ccc([C+](c3ccc4cccccc3-4)c3ccc4cccccc3-4)ccc1-2.F[P-](F)(F)(F)(F)F. The van der Waals surface area contributed by atoms with E-state index in [1.165, 1.54) is 0 Å². The van der Waals surface area contributed by atoms with Crippen LogP contribution in [-0.4, -0.2) is 25.2 Å². The average molecular weight is 683 g/mol. The summed E-state index contributed by atoms with van der Waals surface area (Å²) in [4.78, 5) is 25.8. The summed E-state index contributed by atoms with van der Waals surface area (Å²) in [6, 6.07) is 38.9. The molecule has 0 heterocycles. The zero-order chi connectivity index (χ0) is 34.8. The zero-order valence-electron chi connectivity index (χ0n) is 25.7. The van der Waals surface area contributed by atoms with Crippen LogP contribution in [0.4, 0.5) is 25.2 Å². The molecule has 6 aliphatic carbocycles. The van der Waals surface area contributed by atoms with Crippen LogP contribution in [0.5, 0.6) is 0 Å². The fourth-order valence-corrected chi connectivity index (χ4v) is 5.59. The van der Waals surface area contributed by atoms with Crippen molar-refractivity contribution >= 4 is 19.7 Å². The minimum atomic E-state index is -10.7. The van der Waals surface area contributed by atoms with E-state index in [1.54, 1.807) is 19.9 Å². The van der Waals surface area contributed by atoms with E-state index in [9.17, 15) is 34.8 Å². The number of esters is 2. The second-order valence-corrected chi connectivity index (χ2v) is 12.7. The summed E-state index contributed by atoms with van der Waals surface area (Å²) in [5, 5.41) is 0. The van der Waals surface area contributed by atoms with Gasteiger partial charge in [0.1, 0.15) is 0 Å². The van der Waals surface area contributed by atoms with Crippen LogP contribution in [0.1, 0.15) is 51.3 Å². The quantitative estimate of drug-likeness (QED) is 0.0728. The Morgan fingerprint density at radius 1 is 0.542 bits per heavy atom. The summed E-state index contributed by atoms with van der Waals surface area (Å²) < 4.78 is 69.9. The van der Waals surface area contributed by atoms with Crippen molar-refractivity contribution in [2.24, 2.45) is 0 Å². The van der Waals surface area contributed by atoms with Crippen molar-refractivity contribution in [1.29, 1.82) is 0 Å². The van der Waals surface area contributed by atoms with Crippen molar-refractivity contribution in [2.75, 3.05) is 13.2 Å². The molecule has 0 radical (unpaired) electrons. The third-order valence-electron chi connectivity index (χ3n) is 7.42. The van der Waals surface area contributed by atoms with Gasteiger partial charge in [-0.15, -0.1) is 0 Å². The first-order chi connectivity index (χ1) is 22.6. The molecule has 0 fully saturated rings.